The van der Waals surface area contributed by atoms with E-state index in [-0.39, 0.29) is 0 Å². The van der Waals surface area contributed by atoms with Gasteiger partial charge in [-0.15, -0.1) is 0 Å². The van der Waals surface area contributed by atoms with Crippen LogP contribution in [0.5, 0.6) is 0 Å². The maximum atomic E-state index is 2.52. The quantitative estimate of drug-likeness (QED) is 0.535. The van der Waals surface area contributed by atoms with Gasteiger partial charge < -0.3 is 0 Å². The van der Waals surface area contributed by atoms with Crippen LogP contribution in [0.1, 0.15) is 0 Å². The molecule has 3 aromatic rings. The van der Waals surface area contributed by atoms with Gasteiger partial charge in [-0.2, -0.15) is 0 Å². The molecule has 20 heavy (non-hydrogen) atoms. The molecule has 0 saturated heterocycles. The normalized spacial score (nSPS) is 11.2. The maximum absolute atomic E-state index is 2.93. The summed E-state index contributed by atoms with van der Waals surface area (Å²) in [5.74, 6) is 0. The van der Waals surface area contributed by atoms with Gasteiger partial charge >= 0.3 is 126 Å². The molecule has 0 heterocycles. The SMILES string of the molecule is [CH3][Pb]([c]1ccccc1)([c]1ccccc1)[c]1ccccc1. The van der Waals surface area contributed by atoms with Crippen molar-refractivity contribution in [1.29, 1.82) is 0 Å². The molecule has 98 valence electrons. The van der Waals surface area contributed by atoms with Crippen LogP contribution in [0.3, 0.4) is 0 Å². The first-order valence-corrected chi connectivity index (χ1v) is 16.7. The average Bonchev–Trinajstić information content (AvgIpc) is 2.56. The van der Waals surface area contributed by atoms with Crippen molar-refractivity contribution in [3.8, 4) is 0 Å². The van der Waals surface area contributed by atoms with Gasteiger partial charge in [0.25, 0.3) is 0 Å². The molecule has 3 rings (SSSR count). The van der Waals surface area contributed by atoms with Crippen molar-refractivity contribution in [3.63, 3.8) is 0 Å². The zero-order valence-electron chi connectivity index (χ0n) is 11.7. The van der Waals surface area contributed by atoms with Crippen LogP contribution in [-0.4, -0.2) is 21.2 Å². The van der Waals surface area contributed by atoms with E-state index >= 15 is 0 Å². The first-order valence-electron chi connectivity index (χ1n) is 6.98. The van der Waals surface area contributed by atoms with E-state index in [4.69, 9.17) is 0 Å². The summed E-state index contributed by atoms with van der Waals surface area (Å²) in [5, 5.41) is 0. The third-order valence-corrected chi connectivity index (χ3v) is 21.4. The Morgan fingerprint density at radius 1 is 0.450 bits per heavy atom. The van der Waals surface area contributed by atoms with E-state index in [2.05, 4.69) is 95.5 Å². The summed E-state index contributed by atoms with van der Waals surface area (Å²) in [6, 6.07) is 33.2. The summed E-state index contributed by atoms with van der Waals surface area (Å²) >= 11 is -2.93. The van der Waals surface area contributed by atoms with Gasteiger partial charge in [0.1, 0.15) is 0 Å². The second-order valence-electron chi connectivity index (χ2n) is 5.22. The molecule has 0 saturated carbocycles. The summed E-state index contributed by atoms with van der Waals surface area (Å²) in [4.78, 5) is 0. The van der Waals surface area contributed by atoms with Crippen molar-refractivity contribution in [2.24, 2.45) is 0 Å². The Hall–Kier alpha value is -1.42. The summed E-state index contributed by atoms with van der Waals surface area (Å²) in [6.07, 6.45) is 0. The van der Waals surface area contributed by atoms with Crippen LogP contribution in [0, 0.1) is 0 Å². The molecule has 0 amide bonds. The fraction of sp³-hybridized carbons (Fsp3) is 0.0526. The summed E-state index contributed by atoms with van der Waals surface area (Å²) in [7, 11) is 0. The average molecular weight is 454 g/mol. The Bertz CT molecular complexity index is 563. The van der Waals surface area contributed by atoms with Gasteiger partial charge in [-0.05, 0) is 0 Å². The van der Waals surface area contributed by atoms with Crippen molar-refractivity contribution in [2.75, 3.05) is 0 Å². The van der Waals surface area contributed by atoms with Crippen LogP contribution in [-0.2, 0) is 0 Å². The van der Waals surface area contributed by atoms with Gasteiger partial charge in [-0.3, -0.25) is 0 Å². The number of hydrogen-bond acceptors (Lipinski definition) is 0. The Morgan fingerprint density at radius 2 is 0.700 bits per heavy atom. The molecule has 0 fully saturated rings. The zero-order valence-corrected chi connectivity index (χ0v) is 15.5. The van der Waals surface area contributed by atoms with Gasteiger partial charge in [0.15, 0.2) is 0 Å². The molecule has 0 aliphatic rings. The molecule has 0 radical (unpaired) electrons. The monoisotopic (exact) mass is 454 g/mol. The van der Waals surface area contributed by atoms with Crippen molar-refractivity contribution in [3.05, 3.63) is 91.0 Å². The molecule has 0 atom stereocenters. The molecule has 1 heteroatoms. The van der Waals surface area contributed by atoms with Gasteiger partial charge in [0.2, 0.25) is 0 Å². The Balaban J connectivity index is 2.24. The van der Waals surface area contributed by atoms with Gasteiger partial charge in [-0.1, -0.05) is 0 Å². The topological polar surface area (TPSA) is 0 Å². The molecule has 0 aromatic heterocycles. The minimum atomic E-state index is -2.93. The van der Waals surface area contributed by atoms with E-state index in [1.165, 1.54) is 9.37 Å². The molecule has 0 N–H and O–H groups in total. The molecule has 0 nitrogen and oxygen atoms in total. The molecule has 3 aromatic carbocycles. The number of benzene rings is 3. The van der Waals surface area contributed by atoms with E-state index in [9.17, 15) is 0 Å². The molecule has 0 aliphatic carbocycles. The molecular formula is C19H18Pb. The summed E-state index contributed by atoms with van der Waals surface area (Å²) in [6.45, 7) is 0. The summed E-state index contributed by atoms with van der Waals surface area (Å²) < 4.78 is 7.14. The second kappa shape index (κ2) is 5.92. The minimum absolute atomic E-state index is 1.54. The van der Waals surface area contributed by atoms with E-state index in [1.54, 1.807) is 0 Å². The van der Waals surface area contributed by atoms with Crippen LogP contribution in [0.4, 0.5) is 0 Å². The Kier molecular flexibility index (Phi) is 4.01. The first kappa shape index (κ1) is 13.6. The Labute approximate surface area is 125 Å². The van der Waals surface area contributed by atoms with Crippen LogP contribution in [0.25, 0.3) is 0 Å². The predicted octanol–water partition coefficient (Wildman–Crippen LogP) is 2.79. The van der Waals surface area contributed by atoms with Crippen molar-refractivity contribution in [1.82, 2.24) is 0 Å². The van der Waals surface area contributed by atoms with E-state index < -0.39 is 21.2 Å². The first-order chi connectivity index (χ1) is 9.82. The number of hydrogen-bond donors (Lipinski definition) is 0. The fourth-order valence-corrected chi connectivity index (χ4v) is 16.7. The second-order valence-corrected chi connectivity index (χ2v) is 20.7. The van der Waals surface area contributed by atoms with Crippen LogP contribution in [0.15, 0.2) is 91.0 Å². The molecule has 0 aliphatic heterocycles. The van der Waals surface area contributed by atoms with E-state index in [1.807, 2.05) is 0 Å². The van der Waals surface area contributed by atoms with Gasteiger partial charge in [-0.25, -0.2) is 0 Å². The van der Waals surface area contributed by atoms with Crippen LogP contribution >= 0.6 is 0 Å². The molecular weight excluding hydrogens is 435 g/mol. The van der Waals surface area contributed by atoms with E-state index in [0.29, 0.717) is 0 Å². The van der Waals surface area contributed by atoms with Gasteiger partial charge in [0.05, 0.1) is 0 Å². The number of rotatable bonds is 3. The summed E-state index contributed by atoms with van der Waals surface area (Å²) in [5.41, 5.74) is 0. The standard InChI is InChI=1S/3C6H5.CH3.Pb/c3*1-2-4-6-5-3-1;;/h3*1-5H;1H3;. The van der Waals surface area contributed by atoms with Crippen molar-refractivity contribution < 1.29 is 0 Å². The molecule has 0 unspecified atom stereocenters. The van der Waals surface area contributed by atoms with Crippen LogP contribution < -0.4 is 9.37 Å². The van der Waals surface area contributed by atoms with Gasteiger partial charge in [0, 0.05) is 0 Å². The molecule has 0 bridgehead atoms. The van der Waals surface area contributed by atoms with Crippen LogP contribution in [0.2, 0.25) is 4.48 Å². The Morgan fingerprint density at radius 3 is 0.950 bits per heavy atom. The third-order valence-electron chi connectivity index (χ3n) is 4.05. The fourth-order valence-electron chi connectivity index (χ4n) is 2.81. The van der Waals surface area contributed by atoms with Crippen molar-refractivity contribution >= 4 is 30.5 Å². The van der Waals surface area contributed by atoms with Crippen molar-refractivity contribution in [2.45, 2.75) is 4.48 Å². The predicted molar refractivity (Wildman–Crippen MR) is 89.8 cm³/mol. The molecule has 0 spiro atoms. The zero-order chi connectivity index (χ0) is 13.8. The third kappa shape index (κ3) is 2.44. The van der Waals surface area contributed by atoms with E-state index in [0.717, 1.165) is 0 Å².